The molecule has 3 rings (SSSR count). The molecule has 1 atom stereocenters. The van der Waals surface area contributed by atoms with E-state index in [1.807, 2.05) is 54.6 Å². The molecular formula is C27H34N2O3S. The van der Waals surface area contributed by atoms with Gasteiger partial charge in [0.25, 0.3) is 5.91 Å². The number of hydrogen-bond acceptors (Lipinski definition) is 3. The molecule has 3 aromatic carbocycles. The van der Waals surface area contributed by atoms with Gasteiger partial charge in [0.05, 0.1) is 18.5 Å². The smallest absolute Gasteiger partial charge is 0.251 e. The number of carbonyl (C=O) groups is 1. The van der Waals surface area contributed by atoms with Crippen LogP contribution in [0.1, 0.15) is 55.5 Å². The Morgan fingerprint density at radius 3 is 2.30 bits per heavy atom. The van der Waals surface area contributed by atoms with Crippen LogP contribution < -0.4 is 9.62 Å². The summed E-state index contributed by atoms with van der Waals surface area (Å²) in [6.07, 6.45) is 5.73. The molecule has 3 aromatic rings. The fourth-order valence-corrected chi connectivity index (χ4v) is 4.82. The largest absolute Gasteiger partial charge is 0.352 e. The van der Waals surface area contributed by atoms with Gasteiger partial charge in [-0.05, 0) is 52.9 Å². The third-order valence-corrected chi connectivity index (χ3v) is 7.20. The highest BCUT2D eigenvalue weighted by molar-refractivity contribution is 7.92. The Bertz CT molecular complexity index is 1170. The fourth-order valence-electron chi connectivity index (χ4n) is 3.94. The fraction of sp³-hybridized carbons (Fsp3) is 0.370. The van der Waals surface area contributed by atoms with Gasteiger partial charge in [0.15, 0.2) is 0 Å². The number of benzene rings is 3. The Labute approximate surface area is 197 Å². The number of hydrogen-bond donors (Lipinski definition) is 1. The third-order valence-electron chi connectivity index (χ3n) is 6.06. The van der Waals surface area contributed by atoms with E-state index in [2.05, 4.69) is 19.2 Å². The highest BCUT2D eigenvalue weighted by Crippen LogP contribution is 2.25. The lowest BCUT2D eigenvalue weighted by molar-refractivity contribution is 0.0946. The SMILES string of the molecule is CCCC[C@H](CC)CNC(=O)c1ccc(CN(c2ccc3ccccc3c2)S(C)(=O)=O)cc1. The number of unbranched alkanes of at least 4 members (excludes halogenated alkanes) is 1. The van der Waals surface area contributed by atoms with Gasteiger partial charge in [-0.25, -0.2) is 8.42 Å². The van der Waals surface area contributed by atoms with Crippen molar-refractivity contribution in [3.05, 3.63) is 77.9 Å². The number of nitrogens with one attached hydrogen (secondary N) is 1. The molecule has 0 aliphatic carbocycles. The second-order valence-electron chi connectivity index (χ2n) is 8.62. The first-order valence-electron chi connectivity index (χ1n) is 11.7. The maximum Gasteiger partial charge on any atom is 0.251 e. The lowest BCUT2D eigenvalue weighted by Gasteiger charge is -2.23. The van der Waals surface area contributed by atoms with Crippen LogP contribution in [-0.2, 0) is 16.6 Å². The molecule has 0 aliphatic rings. The molecule has 0 spiro atoms. The summed E-state index contributed by atoms with van der Waals surface area (Å²) in [6.45, 7) is 5.22. The van der Waals surface area contributed by atoms with E-state index in [1.54, 1.807) is 12.1 Å². The third kappa shape index (κ3) is 6.81. The van der Waals surface area contributed by atoms with Gasteiger partial charge in [-0.1, -0.05) is 75.6 Å². The van der Waals surface area contributed by atoms with Gasteiger partial charge in [0.1, 0.15) is 0 Å². The second kappa shape index (κ2) is 11.3. The van der Waals surface area contributed by atoms with E-state index < -0.39 is 10.0 Å². The first-order valence-corrected chi connectivity index (χ1v) is 13.5. The minimum atomic E-state index is -3.49. The molecule has 0 bridgehead atoms. The number of carbonyl (C=O) groups excluding carboxylic acids is 1. The van der Waals surface area contributed by atoms with Gasteiger partial charge >= 0.3 is 0 Å². The van der Waals surface area contributed by atoms with E-state index in [4.69, 9.17) is 0 Å². The quantitative estimate of drug-likeness (QED) is 0.391. The summed E-state index contributed by atoms with van der Waals surface area (Å²) in [5.74, 6) is 0.407. The van der Waals surface area contributed by atoms with Gasteiger partial charge in [-0.15, -0.1) is 0 Å². The zero-order valence-electron chi connectivity index (χ0n) is 19.8. The van der Waals surface area contributed by atoms with Crippen molar-refractivity contribution >= 4 is 32.4 Å². The van der Waals surface area contributed by atoms with E-state index in [0.717, 1.165) is 35.6 Å². The number of fused-ring (bicyclic) bond motifs is 1. The van der Waals surface area contributed by atoms with Crippen molar-refractivity contribution in [2.45, 2.75) is 46.1 Å². The van der Waals surface area contributed by atoms with Crippen LogP contribution in [0.5, 0.6) is 0 Å². The zero-order chi connectivity index (χ0) is 23.8. The molecular weight excluding hydrogens is 432 g/mol. The van der Waals surface area contributed by atoms with E-state index >= 15 is 0 Å². The Kier molecular flexibility index (Phi) is 8.50. The van der Waals surface area contributed by atoms with Gasteiger partial charge < -0.3 is 5.32 Å². The minimum absolute atomic E-state index is 0.0917. The maximum absolute atomic E-state index is 12.6. The molecule has 6 heteroatoms. The van der Waals surface area contributed by atoms with Crippen molar-refractivity contribution < 1.29 is 13.2 Å². The van der Waals surface area contributed by atoms with Crippen molar-refractivity contribution in [1.82, 2.24) is 5.32 Å². The van der Waals surface area contributed by atoms with Crippen molar-refractivity contribution in [3.8, 4) is 0 Å². The molecule has 1 N–H and O–H groups in total. The van der Waals surface area contributed by atoms with Crippen LogP contribution in [-0.4, -0.2) is 27.1 Å². The summed E-state index contributed by atoms with van der Waals surface area (Å²) in [5.41, 5.74) is 2.02. The van der Waals surface area contributed by atoms with Gasteiger partial charge in [-0.2, -0.15) is 0 Å². The molecule has 5 nitrogen and oxygen atoms in total. The predicted octanol–water partition coefficient (Wildman–Crippen LogP) is 5.75. The van der Waals surface area contributed by atoms with Crippen LogP contribution in [0.25, 0.3) is 10.8 Å². The van der Waals surface area contributed by atoms with Gasteiger partial charge in [-0.3, -0.25) is 9.10 Å². The van der Waals surface area contributed by atoms with E-state index in [-0.39, 0.29) is 12.5 Å². The summed E-state index contributed by atoms with van der Waals surface area (Å²) in [5, 5.41) is 5.09. The van der Waals surface area contributed by atoms with Crippen LogP contribution >= 0.6 is 0 Å². The van der Waals surface area contributed by atoms with Crippen molar-refractivity contribution in [3.63, 3.8) is 0 Å². The number of anilines is 1. The topological polar surface area (TPSA) is 66.5 Å². The molecule has 0 unspecified atom stereocenters. The first kappa shape index (κ1) is 24.8. The maximum atomic E-state index is 12.6. The van der Waals surface area contributed by atoms with E-state index in [0.29, 0.717) is 23.7 Å². The zero-order valence-corrected chi connectivity index (χ0v) is 20.6. The Balaban J connectivity index is 1.71. The molecule has 0 saturated carbocycles. The molecule has 0 aliphatic heterocycles. The predicted molar refractivity (Wildman–Crippen MR) is 137 cm³/mol. The van der Waals surface area contributed by atoms with Crippen LogP contribution in [0.3, 0.4) is 0 Å². The summed E-state index contributed by atoms with van der Waals surface area (Å²) in [4.78, 5) is 12.6. The Hall–Kier alpha value is -2.86. The summed E-state index contributed by atoms with van der Waals surface area (Å²) >= 11 is 0. The monoisotopic (exact) mass is 466 g/mol. The van der Waals surface area contributed by atoms with Crippen LogP contribution in [0, 0.1) is 5.92 Å². The number of rotatable bonds is 11. The van der Waals surface area contributed by atoms with E-state index in [9.17, 15) is 13.2 Å². The van der Waals surface area contributed by atoms with Crippen LogP contribution in [0.4, 0.5) is 5.69 Å². The van der Waals surface area contributed by atoms with Crippen LogP contribution in [0.15, 0.2) is 66.7 Å². The molecule has 1 amide bonds. The standard InChI is InChI=1S/C27H34N2O3S/c1-4-6-9-21(5-2)19-28-27(30)24-14-12-22(13-15-24)20-29(33(3,31)32)26-17-16-23-10-7-8-11-25(23)18-26/h7-8,10-18,21H,4-6,9,19-20H2,1-3H3,(H,28,30)/t21-/m0/s1. The highest BCUT2D eigenvalue weighted by Gasteiger charge is 2.19. The van der Waals surface area contributed by atoms with Crippen molar-refractivity contribution in [2.24, 2.45) is 5.92 Å². The van der Waals surface area contributed by atoms with Gasteiger partial charge in [0, 0.05) is 12.1 Å². The summed E-state index contributed by atoms with van der Waals surface area (Å²) < 4.78 is 26.5. The summed E-state index contributed by atoms with van der Waals surface area (Å²) in [6, 6.07) is 20.7. The van der Waals surface area contributed by atoms with Gasteiger partial charge in [0.2, 0.25) is 10.0 Å². The van der Waals surface area contributed by atoms with Crippen molar-refractivity contribution in [2.75, 3.05) is 17.1 Å². The molecule has 33 heavy (non-hydrogen) atoms. The number of amides is 1. The average Bonchev–Trinajstić information content (AvgIpc) is 2.82. The van der Waals surface area contributed by atoms with Crippen LogP contribution in [0.2, 0.25) is 0 Å². The van der Waals surface area contributed by atoms with E-state index in [1.165, 1.54) is 17.0 Å². The molecule has 0 fully saturated rings. The number of nitrogens with zero attached hydrogens (tertiary/aromatic N) is 1. The van der Waals surface area contributed by atoms with Crippen molar-refractivity contribution in [1.29, 1.82) is 0 Å². The lowest BCUT2D eigenvalue weighted by atomic mass is 9.99. The second-order valence-corrected chi connectivity index (χ2v) is 10.5. The molecule has 0 radical (unpaired) electrons. The molecule has 0 aromatic heterocycles. The molecule has 0 saturated heterocycles. The Morgan fingerprint density at radius 1 is 0.970 bits per heavy atom. The Morgan fingerprint density at radius 2 is 1.67 bits per heavy atom. The first-order chi connectivity index (χ1) is 15.8. The molecule has 0 heterocycles. The minimum Gasteiger partial charge on any atom is -0.352 e. The summed E-state index contributed by atoms with van der Waals surface area (Å²) in [7, 11) is -3.49. The highest BCUT2D eigenvalue weighted by atomic mass is 32.2. The number of sulfonamides is 1. The average molecular weight is 467 g/mol. The molecule has 176 valence electrons. The lowest BCUT2D eigenvalue weighted by Crippen LogP contribution is -2.30. The normalized spacial score (nSPS) is 12.5.